The minimum atomic E-state index is -4.40. The average Bonchev–Trinajstić information content (AvgIpc) is 2.98. The van der Waals surface area contributed by atoms with E-state index in [0.29, 0.717) is 29.3 Å². The molecule has 1 aromatic heterocycles. The number of imidazole rings is 1. The van der Waals surface area contributed by atoms with Gasteiger partial charge in [0.05, 0.1) is 23.5 Å². The van der Waals surface area contributed by atoms with E-state index in [1.54, 1.807) is 17.0 Å². The van der Waals surface area contributed by atoms with Gasteiger partial charge in [-0.2, -0.15) is 13.2 Å². The fourth-order valence-corrected chi connectivity index (χ4v) is 2.86. The lowest BCUT2D eigenvalue weighted by molar-refractivity contribution is -0.137. The number of alkyl halides is 3. The third-order valence-corrected chi connectivity index (χ3v) is 3.98. The monoisotopic (exact) mass is 327 g/mol. The largest absolute Gasteiger partial charge is 0.416 e. The van der Waals surface area contributed by atoms with E-state index >= 15 is 0 Å². The first-order valence-electron chi connectivity index (χ1n) is 7.38. The molecular weight excluding hydrogens is 315 g/mol. The molecular formula is C18H12F3N3. The van der Waals surface area contributed by atoms with Crippen LogP contribution >= 0.6 is 0 Å². The van der Waals surface area contributed by atoms with E-state index in [1.165, 1.54) is 6.07 Å². The van der Waals surface area contributed by atoms with E-state index in [2.05, 4.69) is 9.98 Å². The van der Waals surface area contributed by atoms with Crippen LogP contribution in [0.15, 0.2) is 65.9 Å². The Bertz CT molecular complexity index is 924. The number of aliphatic imine (C=N–C) groups is 1. The average molecular weight is 327 g/mol. The van der Waals surface area contributed by atoms with Crippen molar-refractivity contribution in [1.29, 1.82) is 0 Å². The van der Waals surface area contributed by atoms with Gasteiger partial charge in [-0.3, -0.25) is 4.99 Å². The highest BCUT2D eigenvalue weighted by Gasteiger charge is 2.32. The van der Waals surface area contributed by atoms with E-state index < -0.39 is 11.7 Å². The number of hydrogen-bond donors (Lipinski definition) is 0. The molecule has 1 aliphatic rings. The van der Waals surface area contributed by atoms with Crippen LogP contribution < -0.4 is 0 Å². The lowest BCUT2D eigenvalue weighted by Crippen LogP contribution is -2.11. The SMILES string of the molecule is FC(F)(F)c1ccc2c(c1)C(c1ccccc1)=NCc1nccn1-2. The van der Waals surface area contributed by atoms with Gasteiger partial charge in [0.1, 0.15) is 5.82 Å². The van der Waals surface area contributed by atoms with Gasteiger partial charge >= 0.3 is 6.18 Å². The molecule has 0 fully saturated rings. The van der Waals surface area contributed by atoms with Crippen LogP contribution in [0.3, 0.4) is 0 Å². The predicted octanol–water partition coefficient (Wildman–Crippen LogP) is 4.24. The van der Waals surface area contributed by atoms with Crippen molar-refractivity contribution in [3.8, 4) is 5.69 Å². The second kappa shape index (κ2) is 5.33. The summed E-state index contributed by atoms with van der Waals surface area (Å²) in [7, 11) is 0. The molecule has 3 aromatic rings. The number of aromatic nitrogens is 2. The van der Waals surface area contributed by atoms with Gasteiger partial charge in [-0.1, -0.05) is 30.3 Å². The fourth-order valence-electron chi connectivity index (χ4n) is 2.86. The molecule has 0 amide bonds. The second-order valence-corrected chi connectivity index (χ2v) is 5.47. The van der Waals surface area contributed by atoms with E-state index in [-0.39, 0.29) is 0 Å². The van der Waals surface area contributed by atoms with Crippen LogP contribution in [0.25, 0.3) is 5.69 Å². The van der Waals surface area contributed by atoms with Gasteiger partial charge in [0.15, 0.2) is 0 Å². The van der Waals surface area contributed by atoms with Crippen LogP contribution in [0, 0.1) is 0 Å². The maximum atomic E-state index is 13.2. The molecule has 0 spiro atoms. The summed E-state index contributed by atoms with van der Waals surface area (Å²) in [5.41, 5.74) is 1.74. The van der Waals surface area contributed by atoms with Gasteiger partial charge in [0.25, 0.3) is 0 Å². The molecule has 0 saturated carbocycles. The van der Waals surface area contributed by atoms with Gasteiger partial charge in [0, 0.05) is 23.5 Å². The van der Waals surface area contributed by atoms with E-state index in [4.69, 9.17) is 0 Å². The Morgan fingerprint density at radius 2 is 1.79 bits per heavy atom. The number of hydrogen-bond acceptors (Lipinski definition) is 2. The standard InChI is InChI=1S/C18H12F3N3/c19-18(20,21)13-6-7-15-14(10-13)17(12-4-2-1-3-5-12)23-11-16-22-8-9-24(15)16/h1-10H,11H2. The summed E-state index contributed by atoms with van der Waals surface area (Å²) in [6.45, 7) is 0.313. The third kappa shape index (κ3) is 2.40. The lowest BCUT2D eigenvalue weighted by atomic mass is 9.98. The fraction of sp³-hybridized carbons (Fsp3) is 0.111. The second-order valence-electron chi connectivity index (χ2n) is 5.47. The summed E-state index contributed by atoms with van der Waals surface area (Å²) in [6.07, 6.45) is -1.04. The highest BCUT2D eigenvalue weighted by atomic mass is 19.4. The van der Waals surface area contributed by atoms with Crippen molar-refractivity contribution in [2.75, 3.05) is 0 Å². The van der Waals surface area contributed by atoms with Gasteiger partial charge in [-0.15, -0.1) is 0 Å². The van der Waals surface area contributed by atoms with Crippen molar-refractivity contribution in [1.82, 2.24) is 9.55 Å². The first kappa shape index (κ1) is 14.7. The Morgan fingerprint density at radius 1 is 1.00 bits per heavy atom. The Hall–Kier alpha value is -2.89. The zero-order valence-electron chi connectivity index (χ0n) is 12.5. The summed E-state index contributed by atoms with van der Waals surface area (Å²) in [6, 6.07) is 13.0. The molecule has 1 aliphatic heterocycles. The normalized spacial score (nSPS) is 13.7. The van der Waals surface area contributed by atoms with Crippen molar-refractivity contribution in [3.63, 3.8) is 0 Å². The van der Waals surface area contributed by atoms with E-state index in [9.17, 15) is 13.2 Å². The Morgan fingerprint density at radius 3 is 2.54 bits per heavy atom. The van der Waals surface area contributed by atoms with Crippen LogP contribution in [0.5, 0.6) is 0 Å². The van der Waals surface area contributed by atoms with Crippen LogP contribution in [0.1, 0.15) is 22.5 Å². The molecule has 4 rings (SSSR count). The van der Waals surface area contributed by atoms with Crippen LogP contribution in [-0.2, 0) is 12.7 Å². The topological polar surface area (TPSA) is 30.2 Å². The number of halogens is 3. The summed E-state index contributed by atoms with van der Waals surface area (Å²) in [5, 5.41) is 0. The summed E-state index contributed by atoms with van der Waals surface area (Å²) < 4.78 is 41.3. The van der Waals surface area contributed by atoms with Crippen molar-refractivity contribution < 1.29 is 13.2 Å². The first-order chi connectivity index (χ1) is 11.5. The quantitative estimate of drug-likeness (QED) is 0.657. The first-order valence-corrected chi connectivity index (χ1v) is 7.38. The zero-order valence-corrected chi connectivity index (χ0v) is 12.5. The molecule has 24 heavy (non-hydrogen) atoms. The maximum Gasteiger partial charge on any atom is 0.416 e. The molecule has 2 aromatic carbocycles. The number of nitrogens with zero attached hydrogens (tertiary/aromatic N) is 3. The van der Waals surface area contributed by atoms with Gasteiger partial charge in [0.2, 0.25) is 0 Å². The molecule has 0 saturated heterocycles. The summed E-state index contributed by atoms with van der Waals surface area (Å²) >= 11 is 0. The van der Waals surface area contributed by atoms with Crippen molar-refractivity contribution in [2.45, 2.75) is 12.7 Å². The van der Waals surface area contributed by atoms with Gasteiger partial charge in [-0.05, 0) is 18.2 Å². The summed E-state index contributed by atoms with van der Waals surface area (Å²) in [4.78, 5) is 8.79. The molecule has 0 radical (unpaired) electrons. The minimum Gasteiger partial charge on any atom is -0.302 e. The molecule has 0 atom stereocenters. The molecule has 0 N–H and O–H groups in total. The maximum absolute atomic E-state index is 13.2. The van der Waals surface area contributed by atoms with Crippen molar-refractivity contribution in [2.24, 2.45) is 4.99 Å². The van der Waals surface area contributed by atoms with Gasteiger partial charge < -0.3 is 4.57 Å². The molecule has 0 bridgehead atoms. The number of benzene rings is 2. The smallest absolute Gasteiger partial charge is 0.302 e. The van der Waals surface area contributed by atoms with Crippen LogP contribution in [0.2, 0.25) is 0 Å². The lowest BCUT2D eigenvalue weighted by Gasteiger charge is -2.15. The molecule has 6 heteroatoms. The zero-order chi connectivity index (χ0) is 16.7. The third-order valence-electron chi connectivity index (χ3n) is 3.98. The van der Waals surface area contributed by atoms with Crippen molar-refractivity contribution in [3.05, 3.63) is 83.4 Å². The Labute approximate surface area is 136 Å². The Balaban J connectivity index is 1.98. The molecule has 0 aliphatic carbocycles. The highest BCUT2D eigenvalue weighted by Crippen LogP contribution is 2.33. The number of fused-ring (bicyclic) bond motifs is 3. The molecule has 3 nitrogen and oxygen atoms in total. The Kier molecular flexibility index (Phi) is 3.26. The van der Waals surface area contributed by atoms with E-state index in [1.807, 2.05) is 30.3 Å². The van der Waals surface area contributed by atoms with Crippen molar-refractivity contribution >= 4 is 5.71 Å². The number of rotatable bonds is 1. The molecule has 2 heterocycles. The molecule has 0 unspecified atom stereocenters. The van der Waals surface area contributed by atoms with Crippen LogP contribution in [-0.4, -0.2) is 15.3 Å². The van der Waals surface area contributed by atoms with Crippen LogP contribution in [0.4, 0.5) is 13.2 Å². The molecule has 120 valence electrons. The minimum absolute atomic E-state index is 0.313. The summed E-state index contributed by atoms with van der Waals surface area (Å²) in [5.74, 6) is 0.696. The van der Waals surface area contributed by atoms with Gasteiger partial charge in [-0.25, -0.2) is 4.98 Å². The predicted molar refractivity (Wildman–Crippen MR) is 84.4 cm³/mol. The highest BCUT2D eigenvalue weighted by molar-refractivity contribution is 6.15. The van der Waals surface area contributed by atoms with E-state index in [0.717, 1.165) is 17.7 Å².